The van der Waals surface area contributed by atoms with E-state index in [-0.39, 0.29) is 18.0 Å². The summed E-state index contributed by atoms with van der Waals surface area (Å²) in [6.07, 6.45) is 0. The van der Waals surface area contributed by atoms with Crippen LogP contribution in [0.5, 0.6) is 0 Å². The lowest BCUT2D eigenvalue weighted by Gasteiger charge is -2.35. The molecule has 6 heteroatoms. The molecule has 1 saturated heterocycles. The Labute approximate surface area is 132 Å². The van der Waals surface area contributed by atoms with Gasteiger partial charge in [-0.25, -0.2) is 4.79 Å². The van der Waals surface area contributed by atoms with E-state index in [1.54, 1.807) is 4.90 Å². The monoisotopic (exact) mass is 306 g/mol. The highest BCUT2D eigenvalue weighted by molar-refractivity contribution is 5.96. The quantitative estimate of drug-likeness (QED) is 0.900. The largest absolute Gasteiger partial charge is 0.351 e. The van der Waals surface area contributed by atoms with Crippen LogP contribution in [0.1, 0.15) is 35.6 Å². The van der Waals surface area contributed by atoms with E-state index in [1.165, 1.54) is 0 Å². The van der Waals surface area contributed by atoms with Gasteiger partial charge in [0.1, 0.15) is 0 Å². The Morgan fingerprint density at radius 1 is 1.09 bits per heavy atom. The number of nitrogens with one attached hydrogen (secondary N) is 1. The van der Waals surface area contributed by atoms with Gasteiger partial charge in [0.25, 0.3) is 5.91 Å². The Morgan fingerprint density at radius 3 is 2.09 bits per heavy atom. The molecule has 1 N–H and O–H groups in total. The topological polar surface area (TPSA) is 57.6 Å². The molecule has 1 aromatic rings. The van der Waals surface area contributed by atoms with E-state index >= 15 is 0 Å². The number of rotatable bonds is 2. The van der Waals surface area contributed by atoms with Crippen molar-refractivity contribution in [2.75, 3.05) is 26.2 Å². The third kappa shape index (κ3) is 3.26. The fourth-order valence-electron chi connectivity index (χ4n) is 2.69. The summed E-state index contributed by atoms with van der Waals surface area (Å²) in [6.45, 7) is 10.2. The van der Waals surface area contributed by atoms with Crippen molar-refractivity contribution >= 4 is 11.9 Å². The predicted octanol–water partition coefficient (Wildman–Crippen LogP) is 1.52. The molecule has 0 saturated carbocycles. The lowest BCUT2D eigenvalue weighted by molar-refractivity contribution is 0.0663. The van der Waals surface area contributed by atoms with Gasteiger partial charge in [-0.15, -0.1) is 0 Å². The fraction of sp³-hybridized carbons (Fsp3) is 0.625. The van der Waals surface area contributed by atoms with Crippen molar-refractivity contribution in [1.29, 1.82) is 0 Å². The average Bonchev–Trinajstić information content (AvgIpc) is 2.73. The van der Waals surface area contributed by atoms with Crippen LogP contribution in [0.3, 0.4) is 0 Å². The molecule has 1 aromatic heterocycles. The number of aromatic nitrogens is 1. The Balaban J connectivity index is 1.98. The van der Waals surface area contributed by atoms with Crippen LogP contribution in [0.2, 0.25) is 0 Å². The summed E-state index contributed by atoms with van der Waals surface area (Å²) in [4.78, 5) is 28.2. The first kappa shape index (κ1) is 16.4. The summed E-state index contributed by atoms with van der Waals surface area (Å²) in [7, 11) is 1.97. The molecule has 0 radical (unpaired) electrons. The van der Waals surface area contributed by atoms with Gasteiger partial charge in [-0.2, -0.15) is 0 Å². The molecule has 0 bridgehead atoms. The van der Waals surface area contributed by atoms with Crippen molar-refractivity contribution in [2.45, 2.75) is 33.7 Å². The maximum absolute atomic E-state index is 12.6. The van der Waals surface area contributed by atoms with E-state index in [0.29, 0.717) is 26.2 Å². The number of amides is 3. The van der Waals surface area contributed by atoms with E-state index in [0.717, 1.165) is 17.0 Å². The molecule has 0 atom stereocenters. The summed E-state index contributed by atoms with van der Waals surface area (Å²) in [5.41, 5.74) is 2.83. The van der Waals surface area contributed by atoms with E-state index in [1.807, 2.05) is 50.3 Å². The molecule has 2 heterocycles. The van der Waals surface area contributed by atoms with Crippen LogP contribution in [0.15, 0.2) is 6.07 Å². The predicted molar refractivity (Wildman–Crippen MR) is 86.0 cm³/mol. The van der Waals surface area contributed by atoms with E-state index in [9.17, 15) is 9.59 Å². The first-order valence-electron chi connectivity index (χ1n) is 7.79. The Bertz CT molecular complexity index is 569. The molecule has 122 valence electrons. The van der Waals surface area contributed by atoms with Crippen LogP contribution in [0.25, 0.3) is 0 Å². The van der Waals surface area contributed by atoms with Gasteiger partial charge in [0.15, 0.2) is 0 Å². The van der Waals surface area contributed by atoms with Crippen LogP contribution < -0.4 is 5.32 Å². The highest BCUT2D eigenvalue weighted by atomic mass is 16.2. The van der Waals surface area contributed by atoms with Crippen LogP contribution in [0, 0.1) is 13.8 Å². The van der Waals surface area contributed by atoms with Crippen LogP contribution in [0.4, 0.5) is 4.79 Å². The summed E-state index contributed by atoms with van der Waals surface area (Å²) < 4.78 is 2.03. The maximum atomic E-state index is 12.6. The molecule has 0 aromatic carbocycles. The van der Waals surface area contributed by atoms with E-state index in [2.05, 4.69) is 5.32 Å². The second-order valence-electron chi connectivity index (χ2n) is 6.23. The number of hydrogen-bond donors (Lipinski definition) is 1. The fourth-order valence-corrected chi connectivity index (χ4v) is 2.69. The van der Waals surface area contributed by atoms with Crippen molar-refractivity contribution in [3.05, 3.63) is 23.0 Å². The molecule has 1 aliphatic rings. The Kier molecular flexibility index (Phi) is 4.78. The van der Waals surface area contributed by atoms with Crippen molar-refractivity contribution in [1.82, 2.24) is 19.7 Å². The number of nitrogens with zero attached hydrogens (tertiary/aromatic N) is 3. The number of carbonyl (C=O) groups is 2. The van der Waals surface area contributed by atoms with E-state index < -0.39 is 0 Å². The van der Waals surface area contributed by atoms with Crippen LogP contribution in [-0.4, -0.2) is 58.5 Å². The van der Waals surface area contributed by atoms with Gasteiger partial charge in [0.2, 0.25) is 0 Å². The number of hydrogen-bond acceptors (Lipinski definition) is 2. The number of piperazine rings is 1. The maximum Gasteiger partial charge on any atom is 0.317 e. The second-order valence-corrected chi connectivity index (χ2v) is 6.23. The van der Waals surface area contributed by atoms with Gasteiger partial charge in [-0.1, -0.05) is 0 Å². The number of urea groups is 1. The molecule has 1 aliphatic heterocycles. The van der Waals surface area contributed by atoms with Crippen molar-refractivity contribution in [3.63, 3.8) is 0 Å². The minimum atomic E-state index is -0.0474. The van der Waals surface area contributed by atoms with E-state index in [4.69, 9.17) is 0 Å². The van der Waals surface area contributed by atoms with Crippen molar-refractivity contribution in [3.8, 4) is 0 Å². The molecular weight excluding hydrogens is 280 g/mol. The molecule has 0 unspecified atom stereocenters. The molecule has 0 spiro atoms. The summed E-state index contributed by atoms with van der Waals surface area (Å²) in [5, 5.41) is 2.89. The molecule has 6 nitrogen and oxygen atoms in total. The van der Waals surface area contributed by atoms with Gasteiger partial charge >= 0.3 is 6.03 Å². The first-order chi connectivity index (χ1) is 10.3. The smallest absolute Gasteiger partial charge is 0.317 e. The lowest BCUT2D eigenvalue weighted by Crippen LogP contribution is -2.54. The minimum Gasteiger partial charge on any atom is -0.351 e. The molecule has 22 heavy (non-hydrogen) atoms. The second kappa shape index (κ2) is 6.42. The average molecular weight is 306 g/mol. The Morgan fingerprint density at radius 2 is 1.64 bits per heavy atom. The zero-order valence-corrected chi connectivity index (χ0v) is 14.1. The standard InChI is InChI=1S/C16H26N4O2/c1-11(2)17-16(22)20-8-6-19(7-9-20)15(21)14-10-12(3)18(5)13(14)4/h10-11H,6-9H2,1-5H3,(H,17,22). The summed E-state index contributed by atoms with van der Waals surface area (Å²) in [6, 6.07) is 2.02. The van der Waals surface area contributed by atoms with Crippen LogP contribution >= 0.6 is 0 Å². The molecule has 0 aliphatic carbocycles. The zero-order chi connectivity index (χ0) is 16.4. The normalized spacial score (nSPS) is 15.4. The highest BCUT2D eigenvalue weighted by Crippen LogP contribution is 2.16. The van der Waals surface area contributed by atoms with Gasteiger partial charge in [-0.3, -0.25) is 4.79 Å². The molecule has 2 rings (SSSR count). The first-order valence-corrected chi connectivity index (χ1v) is 7.79. The van der Waals surface area contributed by atoms with Gasteiger partial charge in [0.05, 0.1) is 5.56 Å². The Hall–Kier alpha value is -1.98. The summed E-state index contributed by atoms with van der Waals surface area (Å²) in [5.74, 6) is 0.0603. The molecule has 1 fully saturated rings. The van der Waals surface area contributed by atoms with Crippen molar-refractivity contribution < 1.29 is 9.59 Å². The van der Waals surface area contributed by atoms with Gasteiger partial charge in [0, 0.05) is 50.7 Å². The summed E-state index contributed by atoms with van der Waals surface area (Å²) >= 11 is 0. The van der Waals surface area contributed by atoms with Crippen molar-refractivity contribution in [2.24, 2.45) is 7.05 Å². The lowest BCUT2D eigenvalue weighted by atomic mass is 10.2. The van der Waals surface area contributed by atoms with Gasteiger partial charge < -0.3 is 19.7 Å². The minimum absolute atomic E-state index is 0.0474. The third-order valence-electron chi connectivity index (χ3n) is 4.27. The number of aryl methyl sites for hydroxylation is 1. The van der Waals surface area contributed by atoms with Gasteiger partial charge in [-0.05, 0) is 33.8 Å². The van der Waals surface area contributed by atoms with Crippen LogP contribution in [-0.2, 0) is 7.05 Å². The third-order valence-corrected chi connectivity index (χ3v) is 4.27. The molecule has 3 amide bonds. The highest BCUT2D eigenvalue weighted by Gasteiger charge is 2.26. The zero-order valence-electron chi connectivity index (χ0n) is 14.1. The SMILES string of the molecule is Cc1cc(C(=O)N2CCN(C(=O)NC(C)C)CC2)c(C)n1C. The molecular formula is C16H26N4O2. The number of carbonyl (C=O) groups excluding carboxylic acids is 2.